The normalized spacial score (nSPS) is 22.2. The van der Waals surface area contributed by atoms with Crippen molar-refractivity contribution in [3.63, 3.8) is 0 Å². The molecule has 4 nitrogen and oxygen atoms in total. The zero-order chi connectivity index (χ0) is 14.1. The minimum absolute atomic E-state index is 0.0354. The van der Waals surface area contributed by atoms with Crippen LogP contribution in [-0.2, 0) is 0 Å². The molecule has 1 fully saturated rings. The first-order valence-electron chi connectivity index (χ1n) is 6.31. The molecule has 1 aliphatic heterocycles. The minimum atomic E-state index is -0.433. The lowest BCUT2D eigenvalue weighted by molar-refractivity contribution is 0.194. The first-order valence-corrected chi connectivity index (χ1v) is 7.10. The summed E-state index contributed by atoms with van der Waals surface area (Å²) in [7, 11) is 0. The third kappa shape index (κ3) is 2.66. The van der Waals surface area contributed by atoms with E-state index in [1.165, 1.54) is 12.1 Å². The molecular weight excluding hydrogens is 325 g/mol. The van der Waals surface area contributed by atoms with Gasteiger partial charge in [-0.2, -0.15) is 0 Å². The molecule has 0 unspecified atom stereocenters. The van der Waals surface area contributed by atoms with Crippen LogP contribution in [0.4, 0.5) is 10.3 Å². The third-order valence-electron chi connectivity index (χ3n) is 3.40. The van der Waals surface area contributed by atoms with E-state index in [1.54, 1.807) is 24.5 Å². The zero-order valence-corrected chi connectivity index (χ0v) is 12.2. The second-order valence-corrected chi connectivity index (χ2v) is 5.73. The predicted octanol–water partition coefficient (Wildman–Crippen LogP) is 2.69. The van der Waals surface area contributed by atoms with Crippen molar-refractivity contribution in [1.29, 1.82) is 0 Å². The Bertz CT molecular complexity index is 537. The van der Waals surface area contributed by atoms with Crippen LogP contribution in [0.1, 0.15) is 18.0 Å². The maximum Gasteiger partial charge on any atom is 0.225 e. The molecule has 1 N–H and O–H groups in total. The van der Waals surface area contributed by atoms with Crippen LogP contribution >= 0.6 is 15.9 Å². The van der Waals surface area contributed by atoms with Crippen LogP contribution in [0.5, 0.6) is 0 Å². The van der Waals surface area contributed by atoms with Gasteiger partial charge in [-0.15, -0.1) is 0 Å². The van der Waals surface area contributed by atoms with Crippen LogP contribution in [0.25, 0.3) is 0 Å². The average molecular weight is 338 g/mol. The fourth-order valence-corrected chi connectivity index (χ4v) is 2.69. The van der Waals surface area contributed by atoms with E-state index >= 15 is 0 Å². The Kier molecular flexibility index (Phi) is 3.67. The summed E-state index contributed by atoms with van der Waals surface area (Å²) in [5.41, 5.74) is 0.953. The molecule has 104 valence electrons. The van der Waals surface area contributed by atoms with Gasteiger partial charge in [-0.05, 0) is 40.0 Å². The molecule has 20 heavy (non-hydrogen) atoms. The molecular formula is C14H13BrFN3O. The fourth-order valence-electron chi connectivity index (χ4n) is 2.49. The smallest absolute Gasteiger partial charge is 0.225 e. The maximum atomic E-state index is 13.0. The van der Waals surface area contributed by atoms with Crippen LogP contribution in [0.15, 0.2) is 41.1 Å². The van der Waals surface area contributed by atoms with Gasteiger partial charge in [0.05, 0.1) is 16.6 Å². The highest BCUT2D eigenvalue weighted by molar-refractivity contribution is 9.10. The molecule has 1 aromatic heterocycles. The van der Waals surface area contributed by atoms with Gasteiger partial charge in [-0.3, -0.25) is 0 Å². The summed E-state index contributed by atoms with van der Waals surface area (Å²) in [6.07, 6.45) is 3.51. The highest BCUT2D eigenvalue weighted by atomic mass is 79.9. The summed E-state index contributed by atoms with van der Waals surface area (Å²) in [4.78, 5) is 10.5. The number of aliphatic hydroxyl groups is 1. The van der Waals surface area contributed by atoms with Gasteiger partial charge in [0.25, 0.3) is 0 Å². The Balaban J connectivity index is 1.92. The quantitative estimate of drug-likeness (QED) is 0.915. The predicted molar refractivity (Wildman–Crippen MR) is 76.8 cm³/mol. The second kappa shape index (κ2) is 5.46. The molecule has 6 heteroatoms. The Labute approximate surface area is 124 Å². The van der Waals surface area contributed by atoms with Crippen molar-refractivity contribution in [3.05, 3.63) is 52.5 Å². The van der Waals surface area contributed by atoms with Crippen molar-refractivity contribution in [2.24, 2.45) is 0 Å². The van der Waals surface area contributed by atoms with Crippen LogP contribution in [0, 0.1) is 5.82 Å². The second-order valence-electron chi connectivity index (χ2n) is 4.81. The standard InChI is InChI=1S/C14H13BrFN3O/c15-10-6-17-14(18-7-10)19-8-12(20)5-13(19)9-1-3-11(16)4-2-9/h1-4,6-7,12-13,20H,5,8H2/t12-,13-/m0/s1. The Hall–Kier alpha value is -1.53. The molecule has 0 spiro atoms. The number of hydrogen-bond donors (Lipinski definition) is 1. The van der Waals surface area contributed by atoms with Crippen LogP contribution in [0.2, 0.25) is 0 Å². The van der Waals surface area contributed by atoms with E-state index in [2.05, 4.69) is 25.9 Å². The first kappa shape index (κ1) is 13.5. The Morgan fingerprint density at radius 1 is 1.20 bits per heavy atom. The van der Waals surface area contributed by atoms with Crippen molar-refractivity contribution in [1.82, 2.24) is 9.97 Å². The molecule has 1 saturated heterocycles. The summed E-state index contributed by atoms with van der Waals surface area (Å²) in [6, 6.07) is 6.31. The van der Waals surface area contributed by atoms with Crippen molar-refractivity contribution in [2.45, 2.75) is 18.6 Å². The van der Waals surface area contributed by atoms with E-state index in [0.717, 1.165) is 10.0 Å². The van der Waals surface area contributed by atoms with Gasteiger partial charge in [0, 0.05) is 18.9 Å². The van der Waals surface area contributed by atoms with E-state index in [-0.39, 0.29) is 11.9 Å². The molecule has 1 aromatic carbocycles. The largest absolute Gasteiger partial charge is 0.391 e. The summed E-state index contributed by atoms with van der Waals surface area (Å²) in [6.45, 7) is 0.476. The van der Waals surface area contributed by atoms with Gasteiger partial charge in [0.2, 0.25) is 5.95 Å². The number of anilines is 1. The van der Waals surface area contributed by atoms with Crippen molar-refractivity contribution >= 4 is 21.9 Å². The van der Waals surface area contributed by atoms with Crippen LogP contribution in [-0.4, -0.2) is 27.7 Å². The van der Waals surface area contributed by atoms with Crippen LogP contribution in [0.3, 0.4) is 0 Å². The van der Waals surface area contributed by atoms with Crippen molar-refractivity contribution < 1.29 is 9.50 Å². The molecule has 0 bridgehead atoms. The van der Waals surface area contributed by atoms with Crippen molar-refractivity contribution in [2.75, 3.05) is 11.4 Å². The number of β-amino-alcohol motifs (C(OH)–C–C–N with tert-alkyl or cyclic N) is 1. The van der Waals surface area contributed by atoms with Gasteiger partial charge in [0.1, 0.15) is 5.82 Å². The number of aromatic nitrogens is 2. The minimum Gasteiger partial charge on any atom is -0.391 e. The van der Waals surface area contributed by atoms with Crippen molar-refractivity contribution in [3.8, 4) is 0 Å². The number of rotatable bonds is 2. The molecule has 0 aliphatic carbocycles. The molecule has 2 aromatic rings. The topological polar surface area (TPSA) is 49.2 Å². The highest BCUT2D eigenvalue weighted by Crippen LogP contribution is 2.34. The summed E-state index contributed by atoms with van der Waals surface area (Å²) < 4.78 is 13.8. The lowest BCUT2D eigenvalue weighted by atomic mass is 10.0. The molecule has 1 aliphatic rings. The molecule has 2 atom stereocenters. The Morgan fingerprint density at radius 3 is 2.50 bits per heavy atom. The van der Waals surface area contributed by atoms with Gasteiger partial charge < -0.3 is 10.0 Å². The lowest BCUT2D eigenvalue weighted by Crippen LogP contribution is -2.26. The first-order chi connectivity index (χ1) is 9.63. The molecule has 3 rings (SSSR count). The summed E-state index contributed by atoms with van der Waals surface area (Å²) in [5, 5.41) is 9.92. The SMILES string of the molecule is O[C@H]1C[C@@H](c2ccc(F)cc2)N(c2ncc(Br)cn2)C1. The molecule has 0 amide bonds. The summed E-state index contributed by atoms with van der Waals surface area (Å²) in [5.74, 6) is 0.304. The number of halogens is 2. The van der Waals surface area contributed by atoms with E-state index in [1.807, 2.05) is 4.90 Å². The summed E-state index contributed by atoms with van der Waals surface area (Å²) >= 11 is 3.30. The zero-order valence-electron chi connectivity index (χ0n) is 10.6. The van der Waals surface area contributed by atoms with E-state index < -0.39 is 6.10 Å². The van der Waals surface area contributed by atoms with Gasteiger partial charge in [-0.25, -0.2) is 14.4 Å². The maximum absolute atomic E-state index is 13.0. The Morgan fingerprint density at radius 2 is 1.85 bits per heavy atom. The third-order valence-corrected chi connectivity index (χ3v) is 3.81. The average Bonchev–Trinajstić information content (AvgIpc) is 2.82. The fraction of sp³-hybridized carbons (Fsp3) is 0.286. The van der Waals surface area contributed by atoms with E-state index in [9.17, 15) is 9.50 Å². The highest BCUT2D eigenvalue weighted by Gasteiger charge is 2.33. The van der Waals surface area contributed by atoms with Gasteiger partial charge in [-0.1, -0.05) is 12.1 Å². The lowest BCUT2D eigenvalue weighted by Gasteiger charge is -2.24. The van der Waals surface area contributed by atoms with E-state index in [0.29, 0.717) is 18.9 Å². The number of nitrogens with zero attached hydrogens (tertiary/aromatic N) is 3. The monoisotopic (exact) mass is 337 g/mol. The van der Waals surface area contributed by atoms with E-state index in [4.69, 9.17) is 0 Å². The number of aliphatic hydroxyl groups excluding tert-OH is 1. The number of benzene rings is 1. The molecule has 2 heterocycles. The van der Waals surface area contributed by atoms with Gasteiger partial charge >= 0.3 is 0 Å². The van der Waals surface area contributed by atoms with Gasteiger partial charge in [0.15, 0.2) is 0 Å². The van der Waals surface area contributed by atoms with Crippen LogP contribution < -0.4 is 4.90 Å². The molecule has 0 radical (unpaired) electrons. The number of hydrogen-bond acceptors (Lipinski definition) is 4. The molecule has 0 saturated carbocycles.